The predicted octanol–water partition coefficient (Wildman–Crippen LogP) is 2.41. The highest BCUT2D eigenvalue weighted by Crippen LogP contribution is 2.17. The Labute approximate surface area is 126 Å². The molecular weight excluding hydrogens is 306 g/mol. The summed E-state index contributed by atoms with van der Waals surface area (Å²) in [6.45, 7) is 0.256. The van der Waals surface area contributed by atoms with Gasteiger partial charge in [0, 0.05) is 10.9 Å². The minimum Gasteiger partial charge on any atom is -0.308 e. The molecule has 0 aliphatic carbocycles. The van der Waals surface area contributed by atoms with Gasteiger partial charge in [0.25, 0.3) is 11.1 Å². The van der Waals surface area contributed by atoms with Crippen molar-refractivity contribution in [2.45, 2.75) is 6.54 Å². The van der Waals surface area contributed by atoms with Gasteiger partial charge >= 0.3 is 0 Å². The SMILES string of the molecule is O=c1[nH]c(Cn2ccc3sccc3c2=O)nc2ccsc12. The minimum atomic E-state index is -0.158. The van der Waals surface area contributed by atoms with E-state index in [4.69, 9.17) is 0 Å². The monoisotopic (exact) mass is 315 g/mol. The van der Waals surface area contributed by atoms with Crippen LogP contribution in [0, 0.1) is 0 Å². The van der Waals surface area contributed by atoms with E-state index in [0.717, 1.165) is 4.70 Å². The number of rotatable bonds is 2. The molecule has 0 saturated carbocycles. The first-order chi connectivity index (χ1) is 10.2. The molecule has 0 aliphatic heterocycles. The van der Waals surface area contributed by atoms with Crippen molar-refractivity contribution in [3.8, 4) is 0 Å². The molecule has 0 aromatic carbocycles. The standard InChI is InChI=1S/C14H9N3O2S2/c18-13-12-9(3-6-21-12)15-11(16-13)7-17-4-1-10-8(14(17)19)2-5-20-10/h1-6H,7H2,(H,15,16,18). The van der Waals surface area contributed by atoms with Gasteiger partial charge < -0.3 is 9.55 Å². The maximum atomic E-state index is 12.3. The number of hydrogen-bond donors (Lipinski definition) is 1. The molecule has 4 aromatic rings. The van der Waals surface area contributed by atoms with E-state index in [1.807, 2.05) is 29.0 Å². The molecule has 4 aromatic heterocycles. The molecule has 0 fully saturated rings. The largest absolute Gasteiger partial charge is 0.308 e. The lowest BCUT2D eigenvalue weighted by Gasteiger charge is -2.05. The van der Waals surface area contributed by atoms with E-state index in [2.05, 4.69) is 9.97 Å². The van der Waals surface area contributed by atoms with E-state index in [1.165, 1.54) is 22.7 Å². The van der Waals surface area contributed by atoms with Crippen LogP contribution in [0.25, 0.3) is 20.3 Å². The molecule has 0 spiro atoms. The predicted molar refractivity (Wildman–Crippen MR) is 85.4 cm³/mol. The first-order valence-electron chi connectivity index (χ1n) is 6.25. The highest BCUT2D eigenvalue weighted by atomic mass is 32.1. The molecule has 0 saturated heterocycles. The molecule has 0 unspecified atom stereocenters. The summed E-state index contributed by atoms with van der Waals surface area (Å²) in [5.41, 5.74) is 0.444. The first-order valence-corrected chi connectivity index (χ1v) is 8.01. The van der Waals surface area contributed by atoms with Gasteiger partial charge in [-0.25, -0.2) is 4.98 Å². The van der Waals surface area contributed by atoms with Crippen LogP contribution in [-0.2, 0) is 6.54 Å². The van der Waals surface area contributed by atoms with E-state index < -0.39 is 0 Å². The summed E-state index contributed by atoms with van der Waals surface area (Å²) in [5, 5.41) is 4.43. The van der Waals surface area contributed by atoms with E-state index in [-0.39, 0.29) is 17.7 Å². The molecule has 104 valence electrons. The Morgan fingerprint density at radius 1 is 1.14 bits per heavy atom. The van der Waals surface area contributed by atoms with Crippen LogP contribution in [0.2, 0.25) is 0 Å². The number of pyridine rings is 1. The zero-order valence-electron chi connectivity index (χ0n) is 10.7. The lowest BCUT2D eigenvalue weighted by Crippen LogP contribution is -2.22. The normalized spacial score (nSPS) is 11.4. The number of H-pyrrole nitrogens is 1. The number of aromatic nitrogens is 3. The number of nitrogens with one attached hydrogen (secondary N) is 1. The van der Waals surface area contributed by atoms with Crippen molar-refractivity contribution in [2.75, 3.05) is 0 Å². The maximum Gasteiger partial charge on any atom is 0.268 e. The van der Waals surface area contributed by atoms with Gasteiger partial charge in [-0.15, -0.1) is 22.7 Å². The topological polar surface area (TPSA) is 67.8 Å². The molecule has 0 amide bonds. The lowest BCUT2D eigenvalue weighted by atomic mass is 10.3. The van der Waals surface area contributed by atoms with Gasteiger partial charge in [-0.2, -0.15) is 0 Å². The molecule has 0 radical (unpaired) electrons. The Morgan fingerprint density at radius 3 is 2.90 bits per heavy atom. The third-order valence-corrected chi connectivity index (χ3v) is 5.06. The van der Waals surface area contributed by atoms with Crippen LogP contribution in [-0.4, -0.2) is 14.5 Å². The second-order valence-electron chi connectivity index (χ2n) is 4.59. The first kappa shape index (κ1) is 12.5. The van der Waals surface area contributed by atoms with Crippen LogP contribution in [0.3, 0.4) is 0 Å². The average molecular weight is 315 g/mol. The second kappa shape index (κ2) is 4.64. The fraction of sp³-hybridized carbons (Fsp3) is 0.0714. The van der Waals surface area contributed by atoms with Crippen molar-refractivity contribution in [2.24, 2.45) is 0 Å². The summed E-state index contributed by atoms with van der Waals surface area (Å²) in [4.78, 5) is 31.4. The van der Waals surface area contributed by atoms with E-state index >= 15 is 0 Å². The number of aromatic amines is 1. The van der Waals surface area contributed by atoms with E-state index in [1.54, 1.807) is 10.8 Å². The minimum absolute atomic E-state index is 0.0678. The van der Waals surface area contributed by atoms with Crippen LogP contribution in [0.15, 0.2) is 44.7 Å². The summed E-state index contributed by atoms with van der Waals surface area (Å²) in [5.74, 6) is 0.488. The third kappa shape index (κ3) is 2.01. The zero-order chi connectivity index (χ0) is 14.4. The van der Waals surface area contributed by atoms with Gasteiger partial charge in [0.2, 0.25) is 0 Å². The van der Waals surface area contributed by atoms with Crippen molar-refractivity contribution in [3.63, 3.8) is 0 Å². The Hall–Kier alpha value is -2.25. The van der Waals surface area contributed by atoms with Gasteiger partial charge in [-0.1, -0.05) is 0 Å². The zero-order valence-corrected chi connectivity index (χ0v) is 12.3. The number of hydrogen-bond acceptors (Lipinski definition) is 5. The van der Waals surface area contributed by atoms with Crippen LogP contribution < -0.4 is 11.1 Å². The van der Waals surface area contributed by atoms with Crippen molar-refractivity contribution in [3.05, 3.63) is 61.7 Å². The van der Waals surface area contributed by atoms with E-state index in [0.29, 0.717) is 21.4 Å². The quantitative estimate of drug-likeness (QED) is 0.617. The average Bonchev–Trinajstić information content (AvgIpc) is 3.10. The summed E-state index contributed by atoms with van der Waals surface area (Å²) in [7, 11) is 0. The van der Waals surface area contributed by atoms with Crippen LogP contribution in [0.4, 0.5) is 0 Å². The van der Waals surface area contributed by atoms with Crippen molar-refractivity contribution >= 4 is 43.0 Å². The van der Waals surface area contributed by atoms with Gasteiger partial charge in [0.1, 0.15) is 10.5 Å². The fourth-order valence-corrected chi connectivity index (χ4v) is 3.79. The van der Waals surface area contributed by atoms with Gasteiger partial charge in [0.05, 0.1) is 17.4 Å². The van der Waals surface area contributed by atoms with Crippen LogP contribution in [0.1, 0.15) is 5.82 Å². The third-order valence-electron chi connectivity index (χ3n) is 3.28. The summed E-state index contributed by atoms with van der Waals surface area (Å²) in [6, 6.07) is 5.53. The lowest BCUT2D eigenvalue weighted by molar-refractivity contribution is 0.723. The van der Waals surface area contributed by atoms with Gasteiger partial charge in [-0.3, -0.25) is 9.59 Å². The van der Waals surface area contributed by atoms with Crippen molar-refractivity contribution in [1.82, 2.24) is 14.5 Å². The number of thiophene rings is 2. The Bertz CT molecular complexity index is 1070. The summed E-state index contributed by atoms with van der Waals surface area (Å²) in [6.07, 6.45) is 1.74. The molecule has 0 atom stereocenters. The molecule has 5 nitrogen and oxygen atoms in total. The second-order valence-corrected chi connectivity index (χ2v) is 6.46. The van der Waals surface area contributed by atoms with Gasteiger partial charge in [-0.05, 0) is 29.0 Å². The molecule has 0 bridgehead atoms. The molecule has 7 heteroatoms. The fourth-order valence-electron chi connectivity index (χ4n) is 2.29. The Balaban J connectivity index is 1.84. The number of nitrogens with zero attached hydrogens (tertiary/aromatic N) is 2. The summed E-state index contributed by atoms with van der Waals surface area (Å²) >= 11 is 2.90. The van der Waals surface area contributed by atoms with E-state index in [9.17, 15) is 9.59 Å². The van der Waals surface area contributed by atoms with Crippen molar-refractivity contribution < 1.29 is 0 Å². The van der Waals surface area contributed by atoms with Crippen molar-refractivity contribution in [1.29, 1.82) is 0 Å². The highest BCUT2D eigenvalue weighted by Gasteiger charge is 2.08. The summed E-state index contributed by atoms with van der Waals surface area (Å²) < 4.78 is 3.14. The molecular formula is C14H9N3O2S2. The van der Waals surface area contributed by atoms with Crippen LogP contribution >= 0.6 is 22.7 Å². The molecule has 0 aliphatic rings. The molecule has 4 heterocycles. The number of fused-ring (bicyclic) bond motifs is 2. The van der Waals surface area contributed by atoms with Gasteiger partial charge in [0.15, 0.2) is 0 Å². The Morgan fingerprint density at radius 2 is 2.00 bits per heavy atom. The van der Waals surface area contributed by atoms with Crippen LogP contribution in [0.5, 0.6) is 0 Å². The maximum absolute atomic E-state index is 12.3. The molecule has 4 rings (SSSR count). The molecule has 1 N–H and O–H groups in total. The molecule has 21 heavy (non-hydrogen) atoms. The Kier molecular flexibility index (Phi) is 2.76. The smallest absolute Gasteiger partial charge is 0.268 e. The highest BCUT2D eigenvalue weighted by molar-refractivity contribution is 7.17.